The van der Waals surface area contributed by atoms with Crippen LogP contribution >= 0.6 is 34.8 Å². The van der Waals surface area contributed by atoms with Crippen molar-refractivity contribution in [2.24, 2.45) is 0 Å². The lowest BCUT2D eigenvalue weighted by Crippen LogP contribution is -2.35. The van der Waals surface area contributed by atoms with Crippen LogP contribution in [0.15, 0.2) is 35.2 Å². The number of halogens is 3. The van der Waals surface area contributed by atoms with Crippen molar-refractivity contribution in [3.05, 3.63) is 51.0 Å². The SMILES string of the molecule is CCOc1ccc(S(=O)(=O)N(C)CC(=O)Nc2cc(Cl)c(Cl)cc2Cl)cc1C. The lowest BCUT2D eigenvalue weighted by molar-refractivity contribution is -0.116. The predicted octanol–water partition coefficient (Wildman–Crippen LogP) is 4.61. The maximum atomic E-state index is 12.7. The molecule has 28 heavy (non-hydrogen) atoms. The largest absolute Gasteiger partial charge is 0.494 e. The summed E-state index contributed by atoms with van der Waals surface area (Å²) in [6.45, 7) is 3.66. The molecule has 0 radical (unpaired) electrons. The minimum atomic E-state index is -3.87. The molecule has 0 aromatic heterocycles. The number of amides is 1. The van der Waals surface area contributed by atoms with Crippen molar-refractivity contribution in [2.75, 3.05) is 25.5 Å². The second kappa shape index (κ2) is 9.33. The smallest absolute Gasteiger partial charge is 0.243 e. The van der Waals surface area contributed by atoms with Crippen molar-refractivity contribution in [1.82, 2.24) is 4.31 Å². The zero-order chi connectivity index (χ0) is 21.1. The summed E-state index contributed by atoms with van der Waals surface area (Å²) in [4.78, 5) is 12.3. The van der Waals surface area contributed by atoms with Gasteiger partial charge in [-0.2, -0.15) is 4.31 Å². The molecule has 2 aromatic carbocycles. The van der Waals surface area contributed by atoms with E-state index in [0.717, 1.165) is 4.31 Å². The van der Waals surface area contributed by atoms with E-state index in [1.54, 1.807) is 13.0 Å². The van der Waals surface area contributed by atoms with Crippen LogP contribution in [0.1, 0.15) is 12.5 Å². The maximum Gasteiger partial charge on any atom is 0.243 e. The van der Waals surface area contributed by atoms with E-state index in [-0.39, 0.29) is 25.7 Å². The first-order chi connectivity index (χ1) is 13.1. The Morgan fingerprint density at radius 1 is 1.11 bits per heavy atom. The number of carbonyl (C=O) groups is 1. The van der Waals surface area contributed by atoms with Gasteiger partial charge in [0.2, 0.25) is 15.9 Å². The number of nitrogens with one attached hydrogen (secondary N) is 1. The molecule has 2 aromatic rings. The Hall–Kier alpha value is -1.51. The monoisotopic (exact) mass is 464 g/mol. The first kappa shape index (κ1) is 22.8. The summed E-state index contributed by atoms with van der Waals surface area (Å²) in [6, 6.07) is 7.33. The zero-order valence-electron chi connectivity index (χ0n) is 15.4. The number of hydrogen-bond acceptors (Lipinski definition) is 4. The van der Waals surface area contributed by atoms with Crippen LogP contribution in [0.5, 0.6) is 5.75 Å². The quantitative estimate of drug-likeness (QED) is 0.606. The number of aryl methyl sites for hydroxylation is 1. The van der Waals surface area contributed by atoms with Crippen LogP contribution in [0.3, 0.4) is 0 Å². The molecule has 0 atom stereocenters. The maximum absolute atomic E-state index is 12.7. The van der Waals surface area contributed by atoms with Gasteiger partial charge in [-0.1, -0.05) is 34.8 Å². The van der Waals surface area contributed by atoms with Crippen molar-refractivity contribution < 1.29 is 17.9 Å². The molecule has 6 nitrogen and oxygen atoms in total. The van der Waals surface area contributed by atoms with Gasteiger partial charge >= 0.3 is 0 Å². The van der Waals surface area contributed by atoms with Gasteiger partial charge in [-0.15, -0.1) is 0 Å². The van der Waals surface area contributed by atoms with Crippen LogP contribution in [0.4, 0.5) is 5.69 Å². The molecule has 0 spiro atoms. The van der Waals surface area contributed by atoms with E-state index in [0.29, 0.717) is 17.9 Å². The number of hydrogen-bond donors (Lipinski definition) is 1. The van der Waals surface area contributed by atoms with Crippen LogP contribution in [-0.4, -0.2) is 38.8 Å². The highest BCUT2D eigenvalue weighted by atomic mass is 35.5. The summed E-state index contributed by atoms with van der Waals surface area (Å²) in [6.07, 6.45) is 0. The van der Waals surface area contributed by atoms with Crippen molar-refractivity contribution in [1.29, 1.82) is 0 Å². The second-order valence-electron chi connectivity index (χ2n) is 5.92. The van der Waals surface area contributed by atoms with E-state index in [2.05, 4.69) is 5.32 Å². The van der Waals surface area contributed by atoms with Gasteiger partial charge in [0.05, 0.1) is 38.8 Å². The average molecular weight is 466 g/mol. The standard InChI is InChI=1S/C18H19Cl3N2O4S/c1-4-27-17-6-5-12(7-11(17)2)28(25,26)23(3)10-18(24)22-16-9-14(20)13(19)8-15(16)21/h5-9H,4,10H2,1-3H3,(H,22,24). The number of benzene rings is 2. The highest BCUT2D eigenvalue weighted by Gasteiger charge is 2.24. The van der Waals surface area contributed by atoms with E-state index in [1.165, 1.54) is 31.3 Å². The van der Waals surface area contributed by atoms with E-state index < -0.39 is 22.5 Å². The minimum absolute atomic E-state index is 0.0660. The van der Waals surface area contributed by atoms with Crippen LogP contribution in [-0.2, 0) is 14.8 Å². The summed E-state index contributed by atoms with van der Waals surface area (Å²) < 4.78 is 31.9. The third-order valence-corrected chi connectivity index (χ3v) is 6.64. The number of sulfonamides is 1. The molecule has 152 valence electrons. The van der Waals surface area contributed by atoms with Gasteiger partial charge < -0.3 is 10.1 Å². The fraction of sp³-hybridized carbons (Fsp3) is 0.278. The molecule has 0 bridgehead atoms. The number of nitrogens with zero attached hydrogens (tertiary/aromatic N) is 1. The van der Waals surface area contributed by atoms with E-state index in [1.807, 2.05) is 6.92 Å². The molecule has 2 rings (SSSR count). The Bertz CT molecular complexity index is 997. The number of rotatable bonds is 7. The lowest BCUT2D eigenvalue weighted by Gasteiger charge is -2.18. The summed E-state index contributed by atoms with van der Waals surface area (Å²) in [5.74, 6) is 0.0325. The van der Waals surface area contributed by atoms with Gasteiger partial charge in [0.25, 0.3) is 0 Å². The predicted molar refractivity (Wildman–Crippen MR) is 112 cm³/mol. The molecular formula is C18H19Cl3N2O4S. The number of anilines is 1. The highest BCUT2D eigenvalue weighted by molar-refractivity contribution is 7.89. The van der Waals surface area contributed by atoms with Gasteiger partial charge in [-0.25, -0.2) is 8.42 Å². The first-order valence-corrected chi connectivity index (χ1v) is 10.8. The van der Waals surface area contributed by atoms with E-state index >= 15 is 0 Å². The van der Waals surface area contributed by atoms with E-state index in [4.69, 9.17) is 39.5 Å². The fourth-order valence-electron chi connectivity index (χ4n) is 2.38. The van der Waals surface area contributed by atoms with Gasteiger partial charge in [0, 0.05) is 7.05 Å². The van der Waals surface area contributed by atoms with Gasteiger partial charge in [0.15, 0.2) is 0 Å². The Labute approximate surface area is 179 Å². The third-order valence-electron chi connectivity index (χ3n) is 3.80. The Kier molecular flexibility index (Phi) is 7.59. The van der Waals surface area contributed by atoms with E-state index in [9.17, 15) is 13.2 Å². The molecule has 10 heteroatoms. The second-order valence-corrected chi connectivity index (χ2v) is 9.18. The Morgan fingerprint density at radius 2 is 1.75 bits per heavy atom. The number of likely N-dealkylation sites (N-methyl/N-ethyl adjacent to an activating group) is 1. The summed E-state index contributed by atoms with van der Waals surface area (Å²) >= 11 is 17.8. The molecule has 1 N–H and O–H groups in total. The molecular weight excluding hydrogens is 447 g/mol. The molecule has 0 aliphatic carbocycles. The van der Waals surface area contributed by atoms with Crippen molar-refractivity contribution in [3.63, 3.8) is 0 Å². The zero-order valence-corrected chi connectivity index (χ0v) is 18.5. The topological polar surface area (TPSA) is 75.7 Å². The molecule has 0 saturated carbocycles. The highest BCUT2D eigenvalue weighted by Crippen LogP contribution is 2.32. The van der Waals surface area contributed by atoms with Crippen LogP contribution in [0, 0.1) is 6.92 Å². The molecule has 0 fully saturated rings. The van der Waals surface area contributed by atoms with Crippen molar-refractivity contribution in [2.45, 2.75) is 18.7 Å². The van der Waals surface area contributed by atoms with Crippen LogP contribution < -0.4 is 10.1 Å². The summed E-state index contributed by atoms with van der Waals surface area (Å²) in [5, 5.41) is 3.18. The molecule has 0 unspecified atom stereocenters. The third kappa shape index (κ3) is 5.30. The molecule has 0 aliphatic heterocycles. The number of ether oxygens (including phenoxy) is 1. The Morgan fingerprint density at radius 3 is 2.36 bits per heavy atom. The van der Waals surface area contributed by atoms with Crippen molar-refractivity contribution in [3.8, 4) is 5.75 Å². The van der Waals surface area contributed by atoms with Gasteiger partial charge in [-0.05, 0) is 49.7 Å². The molecule has 0 saturated heterocycles. The molecule has 0 aliphatic rings. The first-order valence-electron chi connectivity index (χ1n) is 8.20. The summed E-state index contributed by atoms with van der Waals surface area (Å²) in [5.41, 5.74) is 0.923. The summed E-state index contributed by atoms with van der Waals surface area (Å²) in [7, 11) is -2.55. The lowest BCUT2D eigenvalue weighted by atomic mass is 10.2. The normalized spacial score (nSPS) is 11.5. The fourth-order valence-corrected chi connectivity index (χ4v) is 4.18. The van der Waals surface area contributed by atoms with Gasteiger partial charge in [0.1, 0.15) is 5.75 Å². The van der Waals surface area contributed by atoms with Gasteiger partial charge in [-0.3, -0.25) is 4.79 Å². The van der Waals surface area contributed by atoms with Crippen LogP contribution in [0.25, 0.3) is 0 Å². The Balaban J connectivity index is 2.14. The van der Waals surface area contributed by atoms with Crippen LogP contribution in [0.2, 0.25) is 15.1 Å². The molecule has 1 amide bonds. The van der Waals surface area contributed by atoms with Crippen molar-refractivity contribution >= 4 is 56.4 Å². The minimum Gasteiger partial charge on any atom is -0.494 e. The molecule has 0 heterocycles. The number of carbonyl (C=O) groups excluding carboxylic acids is 1. The average Bonchev–Trinajstić information content (AvgIpc) is 2.61.